The van der Waals surface area contributed by atoms with Gasteiger partial charge in [0.1, 0.15) is 0 Å². The topological polar surface area (TPSA) is 108 Å². The molecule has 0 aliphatic carbocycles. The van der Waals surface area contributed by atoms with Crippen LogP contribution >= 0.6 is 0 Å². The summed E-state index contributed by atoms with van der Waals surface area (Å²) in [5.41, 5.74) is 1.49. The third-order valence-corrected chi connectivity index (χ3v) is 3.28. The highest BCUT2D eigenvalue weighted by Gasteiger charge is 2.07. The number of aromatic amines is 2. The predicted molar refractivity (Wildman–Crippen MR) is 86.5 cm³/mol. The van der Waals surface area contributed by atoms with Gasteiger partial charge in [0.15, 0.2) is 0 Å². The van der Waals surface area contributed by atoms with Crippen molar-refractivity contribution in [1.29, 1.82) is 0 Å². The molecule has 0 unspecified atom stereocenters. The number of hydrogen-bond donors (Lipinski definition) is 3. The van der Waals surface area contributed by atoms with Crippen molar-refractivity contribution in [2.24, 2.45) is 0 Å². The third-order valence-electron chi connectivity index (χ3n) is 3.28. The number of carbonyl (C=O) groups excluding carboxylic acids is 1. The number of benzene rings is 1. The van der Waals surface area contributed by atoms with Gasteiger partial charge in [-0.15, -0.1) is 0 Å². The van der Waals surface area contributed by atoms with E-state index in [1.807, 2.05) is 31.2 Å². The number of amides is 1. The van der Waals surface area contributed by atoms with Crippen molar-refractivity contribution in [3.8, 4) is 0 Å². The van der Waals surface area contributed by atoms with Crippen molar-refractivity contribution in [2.75, 3.05) is 5.32 Å². The minimum absolute atomic E-state index is 0.0939. The second-order valence-electron chi connectivity index (χ2n) is 5.20. The molecule has 7 heteroatoms. The number of H-pyrrole nitrogens is 2. The van der Waals surface area contributed by atoms with Crippen molar-refractivity contribution < 1.29 is 4.79 Å². The average molecular weight is 310 g/mol. The van der Waals surface area contributed by atoms with Gasteiger partial charge in [-0.1, -0.05) is 6.07 Å². The zero-order valence-electron chi connectivity index (χ0n) is 12.3. The Bertz CT molecular complexity index is 976. The summed E-state index contributed by atoms with van der Waals surface area (Å²) in [6.07, 6.45) is -0.0939. The highest BCUT2D eigenvalue weighted by molar-refractivity contribution is 5.94. The SMILES string of the molecule is Cc1ccc2cc(NC(=O)Cc3cc(=O)[nH]c(=O)[nH]3)ccc2n1. The van der Waals surface area contributed by atoms with Crippen LogP contribution in [0.15, 0.2) is 46.0 Å². The number of hydrogen-bond acceptors (Lipinski definition) is 4. The van der Waals surface area contributed by atoms with Crippen molar-refractivity contribution in [1.82, 2.24) is 15.0 Å². The maximum Gasteiger partial charge on any atom is 0.325 e. The van der Waals surface area contributed by atoms with E-state index in [0.29, 0.717) is 5.69 Å². The van der Waals surface area contributed by atoms with Gasteiger partial charge in [-0.05, 0) is 31.2 Å². The molecule has 0 saturated carbocycles. The van der Waals surface area contributed by atoms with Crippen LogP contribution in [0, 0.1) is 6.92 Å². The molecule has 2 aromatic heterocycles. The first-order chi connectivity index (χ1) is 11.0. The minimum Gasteiger partial charge on any atom is -0.326 e. The van der Waals surface area contributed by atoms with Crippen molar-refractivity contribution >= 4 is 22.5 Å². The zero-order valence-corrected chi connectivity index (χ0v) is 12.3. The lowest BCUT2D eigenvalue weighted by Gasteiger charge is -2.06. The molecular formula is C16H14N4O3. The van der Waals surface area contributed by atoms with Gasteiger partial charge < -0.3 is 10.3 Å². The number of anilines is 1. The molecule has 1 amide bonds. The molecule has 1 aromatic carbocycles. The zero-order chi connectivity index (χ0) is 16.4. The first-order valence-corrected chi connectivity index (χ1v) is 6.99. The molecule has 2 heterocycles. The Morgan fingerprint density at radius 2 is 1.96 bits per heavy atom. The number of rotatable bonds is 3. The maximum absolute atomic E-state index is 12.0. The standard InChI is InChI=1S/C16H14N4O3/c1-9-2-3-10-6-11(4-5-13(10)17-9)18-14(21)7-12-8-15(22)20-16(23)19-12/h2-6,8H,7H2,1H3,(H,18,21)(H2,19,20,22,23). The van der Waals surface area contributed by atoms with Gasteiger partial charge in [0.2, 0.25) is 5.91 Å². The summed E-state index contributed by atoms with van der Waals surface area (Å²) in [5, 5.41) is 3.65. The smallest absolute Gasteiger partial charge is 0.325 e. The highest BCUT2D eigenvalue weighted by Crippen LogP contribution is 2.18. The lowest BCUT2D eigenvalue weighted by atomic mass is 10.2. The molecule has 7 nitrogen and oxygen atoms in total. The van der Waals surface area contributed by atoms with Gasteiger partial charge in [0.05, 0.1) is 11.9 Å². The molecule has 3 N–H and O–H groups in total. The van der Waals surface area contributed by atoms with E-state index in [1.54, 1.807) is 6.07 Å². The van der Waals surface area contributed by atoms with Crippen LogP contribution < -0.4 is 16.6 Å². The molecule has 0 saturated heterocycles. The molecular weight excluding hydrogens is 296 g/mol. The van der Waals surface area contributed by atoms with Crippen LogP contribution in [-0.2, 0) is 11.2 Å². The van der Waals surface area contributed by atoms with E-state index in [9.17, 15) is 14.4 Å². The summed E-state index contributed by atoms with van der Waals surface area (Å²) in [7, 11) is 0. The van der Waals surface area contributed by atoms with Gasteiger partial charge in [0.25, 0.3) is 5.56 Å². The van der Waals surface area contributed by atoms with E-state index in [4.69, 9.17) is 0 Å². The van der Waals surface area contributed by atoms with E-state index in [2.05, 4.69) is 20.3 Å². The molecule has 0 aliphatic heterocycles. The summed E-state index contributed by atoms with van der Waals surface area (Å²) >= 11 is 0. The van der Waals surface area contributed by atoms with E-state index >= 15 is 0 Å². The largest absolute Gasteiger partial charge is 0.326 e. The molecule has 0 radical (unpaired) electrons. The van der Waals surface area contributed by atoms with Crippen LogP contribution in [0.2, 0.25) is 0 Å². The van der Waals surface area contributed by atoms with E-state index in [0.717, 1.165) is 16.6 Å². The lowest BCUT2D eigenvalue weighted by Crippen LogP contribution is -2.25. The van der Waals surface area contributed by atoms with Gasteiger partial charge >= 0.3 is 5.69 Å². The third kappa shape index (κ3) is 3.52. The van der Waals surface area contributed by atoms with Gasteiger partial charge in [-0.3, -0.25) is 19.6 Å². The van der Waals surface area contributed by atoms with Crippen molar-refractivity contribution in [2.45, 2.75) is 13.3 Å². The Morgan fingerprint density at radius 1 is 1.13 bits per heavy atom. The van der Waals surface area contributed by atoms with Gasteiger partial charge in [-0.2, -0.15) is 0 Å². The number of carbonyl (C=O) groups is 1. The Balaban J connectivity index is 1.78. The fourth-order valence-corrected chi connectivity index (χ4v) is 2.30. The maximum atomic E-state index is 12.0. The summed E-state index contributed by atoms with van der Waals surface area (Å²) < 4.78 is 0. The number of nitrogens with one attached hydrogen (secondary N) is 3. The van der Waals surface area contributed by atoms with Crippen molar-refractivity contribution in [3.63, 3.8) is 0 Å². The molecule has 0 bridgehead atoms. The van der Waals surface area contributed by atoms with Crippen LogP contribution in [0.3, 0.4) is 0 Å². The summed E-state index contributed by atoms with van der Waals surface area (Å²) in [6, 6.07) is 10.4. The van der Waals surface area contributed by atoms with Crippen LogP contribution in [0.25, 0.3) is 10.9 Å². The molecule has 0 fully saturated rings. The number of aromatic nitrogens is 3. The molecule has 23 heavy (non-hydrogen) atoms. The van der Waals surface area contributed by atoms with Crippen LogP contribution in [-0.4, -0.2) is 20.9 Å². The second kappa shape index (κ2) is 5.88. The number of aryl methyl sites for hydroxylation is 1. The van der Waals surface area contributed by atoms with E-state index < -0.39 is 11.2 Å². The van der Waals surface area contributed by atoms with Crippen molar-refractivity contribution in [3.05, 3.63) is 68.6 Å². The highest BCUT2D eigenvalue weighted by atomic mass is 16.2. The van der Waals surface area contributed by atoms with Crippen LogP contribution in [0.4, 0.5) is 5.69 Å². The molecule has 116 valence electrons. The Hall–Kier alpha value is -3.22. The summed E-state index contributed by atoms with van der Waals surface area (Å²) in [6.45, 7) is 1.91. The molecule has 3 rings (SSSR count). The number of nitrogens with zero attached hydrogens (tertiary/aromatic N) is 1. The Morgan fingerprint density at radius 3 is 2.74 bits per heavy atom. The second-order valence-corrected chi connectivity index (χ2v) is 5.20. The fourth-order valence-electron chi connectivity index (χ4n) is 2.30. The lowest BCUT2D eigenvalue weighted by molar-refractivity contribution is -0.115. The number of fused-ring (bicyclic) bond motifs is 1. The quantitative estimate of drug-likeness (QED) is 0.673. The minimum atomic E-state index is -0.632. The molecule has 3 aromatic rings. The summed E-state index contributed by atoms with van der Waals surface area (Å²) in [4.78, 5) is 43.3. The predicted octanol–water partition coefficient (Wildman–Crippen LogP) is 1.10. The van der Waals surface area contributed by atoms with Crippen LogP contribution in [0.5, 0.6) is 0 Å². The van der Waals surface area contributed by atoms with Gasteiger partial charge in [0, 0.05) is 28.5 Å². The average Bonchev–Trinajstić information content (AvgIpc) is 2.46. The first-order valence-electron chi connectivity index (χ1n) is 6.99. The number of pyridine rings is 1. The van der Waals surface area contributed by atoms with E-state index in [1.165, 1.54) is 6.07 Å². The monoisotopic (exact) mass is 310 g/mol. The van der Waals surface area contributed by atoms with Crippen LogP contribution in [0.1, 0.15) is 11.4 Å². The molecule has 0 spiro atoms. The Labute approximate surface area is 130 Å². The molecule has 0 atom stereocenters. The van der Waals surface area contributed by atoms with E-state index in [-0.39, 0.29) is 18.0 Å². The normalized spacial score (nSPS) is 10.7. The first kappa shape index (κ1) is 14.7. The Kier molecular flexibility index (Phi) is 3.76. The molecule has 0 aliphatic rings. The fraction of sp³-hybridized carbons (Fsp3) is 0.125. The summed E-state index contributed by atoms with van der Waals surface area (Å²) in [5.74, 6) is -0.328. The van der Waals surface area contributed by atoms with Gasteiger partial charge in [-0.25, -0.2) is 4.79 Å².